The average Bonchev–Trinajstić information content (AvgIpc) is 4.08. The lowest BCUT2D eigenvalue weighted by Gasteiger charge is -2.48. The Morgan fingerprint density at radius 3 is 2.30 bits per heavy atom. The van der Waals surface area contributed by atoms with Crippen LogP contribution in [0.1, 0.15) is 90.0 Å². The summed E-state index contributed by atoms with van der Waals surface area (Å²) < 4.78 is 44.9. The number of hydrogen-bond acceptors (Lipinski definition) is 14. The van der Waals surface area contributed by atoms with Crippen LogP contribution in [0.15, 0.2) is 60.7 Å². The van der Waals surface area contributed by atoms with Crippen molar-refractivity contribution in [2.24, 2.45) is 5.41 Å². The number of hydrogen-bond donors (Lipinski definition) is 4. The number of piperazine rings is 2. The van der Waals surface area contributed by atoms with Crippen LogP contribution in [0.2, 0.25) is 0 Å². The number of nitrogens with zero attached hydrogens (tertiary/aromatic N) is 8. The van der Waals surface area contributed by atoms with E-state index in [2.05, 4.69) is 67.9 Å². The largest absolute Gasteiger partial charge is 0.508 e. The van der Waals surface area contributed by atoms with Crippen LogP contribution in [-0.4, -0.2) is 154 Å². The zero-order valence-electron chi connectivity index (χ0n) is 43.8. The van der Waals surface area contributed by atoms with Crippen LogP contribution in [0.4, 0.5) is 14.6 Å². The van der Waals surface area contributed by atoms with Crippen molar-refractivity contribution in [1.29, 1.82) is 0 Å². The highest BCUT2D eigenvalue weighted by Gasteiger charge is 2.46. The number of aliphatic hydroxyl groups is 1. The summed E-state index contributed by atoms with van der Waals surface area (Å²) in [6.45, 7) is 14.8. The van der Waals surface area contributed by atoms with E-state index in [1.54, 1.807) is 12.1 Å². The number of nitrogens with one attached hydrogen (secondary N) is 1. The van der Waals surface area contributed by atoms with Gasteiger partial charge in [-0.3, -0.25) is 14.6 Å². The number of aromatic hydroxyl groups is 2. The Labute approximate surface area is 442 Å². The van der Waals surface area contributed by atoms with Crippen LogP contribution in [0.5, 0.6) is 23.4 Å². The molecule has 1 amide bonds. The van der Waals surface area contributed by atoms with Gasteiger partial charge in [-0.15, -0.1) is 6.42 Å². The van der Waals surface area contributed by atoms with Crippen LogP contribution in [0.3, 0.4) is 0 Å². The van der Waals surface area contributed by atoms with E-state index in [4.69, 9.17) is 31.0 Å². The fourth-order valence-electron chi connectivity index (χ4n) is 12.3. The maximum absolute atomic E-state index is 17.3. The third-order valence-corrected chi connectivity index (χ3v) is 16.7. The summed E-state index contributed by atoms with van der Waals surface area (Å²) in [6.07, 6.45) is 11.1. The van der Waals surface area contributed by atoms with E-state index in [1.807, 2.05) is 11.0 Å². The molecule has 13 rings (SSSR count). The van der Waals surface area contributed by atoms with Gasteiger partial charge in [-0.05, 0) is 109 Å². The number of phenolic OH excluding ortho intramolecular Hbond substituents is 2. The molecule has 4 aromatic carbocycles. The van der Waals surface area contributed by atoms with Crippen molar-refractivity contribution in [1.82, 2.24) is 39.9 Å². The zero-order chi connectivity index (χ0) is 53.0. The number of ether oxygens (including phenoxy) is 2. The van der Waals surface area contributed by atoms with Crippen molar-refractivity contribution in [3.05, 3.63) is 106 Å². The Balaban J connectivity index is 0.00000305. The first-order chi connectivity index (χ1) is 36.8. The number of aliphatic hydroxyl groups excluding tert-OH is 1. The minimum Gasteiger partial charge on any atom is -0.508 e. The van der Waals surface area contributed by atoms with Gasteiger partial charge in [-0.25, -0.2) is 13.8 Å². The first-order valence-electron chi connectivity index (χ1n) is 26.7. The normalized spacial score (nSPS) is 20.5. The van der Waals surface area contributed by atoms with Gasteiger partial charge in [0.05, 0.1) is 24.8 Å². The highest BCUT2D eigenvalue weighted by molar-refractivity contribution is 6.04. The number of amides is 1. The van der Waals surface area contributed by atoms with Crippen LogP contribution in [-0.2, 0) is 19.6 Å². The summed E-state index contributed by atoms with van der Waals surface area (Å²) in [6, 6.07) is 18.7. The molecule has 0 spiro atoms. The first kappa shape index (κ1) is 51.4. The maximum Gasteiger partial charge on any atom is 0.319 e. The Bertz CT molecular complexity index is 3220. The minimum absolute atomic E-state index is 0.0440. The molecule has 15 nitrogen and oxygen atoms in total. The van der Waals surface area contributed by atoms with Gasteiger partial charge in [0.15, 0.2) is 5.82 Å². The molecule has 2 atom stereocenters. The van der Waals surface area contributed by atoms with Gasteiger partial charge in [0, 0.05) is 107 Å². The molecule has 6 aromatic rings. The highest BCUT2D eigenvalue weighted by Crippen LogP contribution is 2.48. The molecule has 6 aliphatic heterocycles. The number of halogens is 2. The number of methoxy groups -OCH3 is 1. The molecular weight excluding hydrogens is 969 g/mol. The SMILES string of the molecule is C#Cc1c(F)ccc2cc(O)cc(-c3nc(OC)c4c(N5CC6CC(C5)N6)nc(OCC5(CN6CCN(C7CCN(Cc8ccc9c(c8)CN(C(=O)c8ccc(C(C)C)cc8O)C9)CC7)CC6)CC5)nc4c3F)c12.CO. The number of aromatic nitrogens is 3. The maximum atomic E-state index is 17.3. The number of pyridine rings is 1. The molecule has 0 radical (unpaired) electrons. The van der Waals surface area contributed by atoms with Crippen molar-refractivity contribution in [2.75, 3.05) is 84.6 Å². The number of terminal acetylenes is 1. The number of phenols is 2. The van der Waals surface area contributed by atoms with Gasteiger partial charge in [0.2, 0.25) is 5.88 Å². The number of carbonyl (C=O) groups excluding carboxylic acids is 1. The standard InChI is InChI=1S/C58H63F2N9O5.CH4O/c1-5-44-47(59)11-9-37-23-43(70)26-46(49(37)44)52-51(60)53-50(55(62-52)73-4)54(68-30-40-25-41(31-68)61-40)64-57(63-53)74-33-58(14-15-58)32-66-18-20-67(21-19-66)42-12-16-65(17-13-42)27-35-6-7-38-28-69(29-39(38)22-35)56(72)45-10-8-36(34(2)3)24-48(45)71;1-2/h1,6-11,22-24,26,34,40-42,61,70-71H,12-21,25,27-33H2,2-4H3;2H,1H3. The summed E-state index contributed by atoms with van der Waals surface area (Å²) in [5, 5.41) is 33.0. The number of anilines is 1. The lowest BCUT2D eigenvalue weighted by molar-refractivity contribution is 0.0453. The first-order valence-corrected chi connectivity index (χ1v) is 26.7. The molecule has 17 heteroatoms. The lowest BCUT2D eigenvalue weighted by Crippen LogP contribution is -2.67. The predicted molar refractivity (Wildman–Crippen MR) is 288 cm³/mol. The van der Waals surface area contributed by atoms with Crippen LogP contribution >= 0.6 is 0 Å². The molecule has 2 unspecified atom stereocenters. The number of fused-ring (bicyclic) bond motifs is 5. The third kappa shape index (κ3) is 9.97. The summed E-state index contributed by atoms with van der Waals surface area (Å²) >= 11 is 0. The van der Waals surface area contributed by atoms with Gasteiger partial charge in [0.1, 0.15) is 39.7 Å². The van der Waals surface area contributed by atoms with E-state index in [0.717, 1.165) is 97.1 Å². The van der Waals surface area contributed by atoms with Crippen LogP contribution < -0.4 is 19.7 Å². The van der Waals surface area contributed by atoms with Gasteiger partial charge in [-0.1, -0.05) is 50.1 Å². The number of carbonyl (C=O) groups is 1. The molecular formula is C59H67F2N9O6. The highest BCUT2D eigenvalue weighted by atomic mass is 19.1. The Kier molecular flexibility index (Phi) is 14.2. The second kappa shape index (κ2) is 21.0. The van der Waals surface area contributed by atoms with Gasteiger partial charge >= 0.3 is 6.01 Å². The molecule has 2 aromatic heterocycles. The molecule has 76 heavy (non-hydrogen) atoms. The second-order valence-electron chi connectivity index (χ2n) is 22.0. The number of likely N-dealkylation sites (tertiary alicyclic amines) is 1. The van der Waals surface area contributed by atoms with Crippen molar-refractivity contribution < 1.29 is 38.4 Å². The topological polar surface area (TPSA) is 163 Å². The molecule has 4 N–H and O–H groups in total. The fourth-order valence-corrected chi connectivity index (χ4v) is 12.3. The molecule has 398 valence electrons. The lowest BCUT2D eigenvalue weighted by atomic mass is 9.91. The summed E-state index contributed by atoms with van der Waals surface area (Å²) in [7, 11) is 2.46. The molecule has 5 saturated heterocycles. The molecule has 6 fully saturated rings. The third-order valence-electron chi connectivity index (χ3n) is 16.7. The van der Waals surface area contributed by atoms with Crippen molar-refractivity contribution in [3.8, 4) is 47.0 Å². The Morgan fingerprint density at radius 1 is 0.882 bits per heavy atom. The number of benzene rings is 4. The zero-order valence-corrected chi connectivity index (χ0v) is 43.8. The quantitative estimate of drug-likeness (QED) is 0.0847. The van der Waals surface area contributed by atoms with E-state index in [1.165, 1.54) is 48.1 Å². The van der Waals surface area contributed by atoms with Crippen molar-refractivity contribution in [3.63, 3.8) is 0 Å². The van der Waals surface area contributed by atoms with Gasteiger partial charge in [-0.2, -0.15) is 9.97 Å². The van der Waals surface area contributed by atoms with Gasteiger partial charge < -0.3 is 44.8 Å². The molecule has 7 aliphatic rings. The van der Waals surface area contributed by atoms with E-state index >= 15 is 8.78 Å². The Morgan fingerprint density at radius 2 is 1.62 bits per heavy atom. The molecule has 2 bridgehead atoms. The summed E-state index contributed by atoms with van der Waals surface area (Å²) in [5.74, 6) is 1.58. The summed E-state index contributed by atoms with van der Waals surface area (Å²) in [5.41, 5.74) is 4.74. The van der Waals surface area contributed by atoms with Gasteiger partial charge in [0.25, 0.3) is 5.91 Å². The van der Waals surface area contributed by atoms with Crippen molar-refractivity contribution >= 4 is 33.4 Å². The predicted octanol–water partition coefficient (Wildman–Crippen LogP) is 7.40. The number of rotatable bonds is 13. The van der Waals surface area contributed by atoms with E-state index in [9.17, 15) is 15.0 Å². The molecule has 8 heterocycles. The van der Waals surface area contributed by atoms with E-state index in [-0.39, 0.29) is 80.4 Å². The van der Waals surface area contributed by atoms with Crippen LogP contribution in [0.25, 0.3) is 32.9 Å². The molecule has 1 saturated carbocycles. The average molecular weight is 1040 g/mol. The smallest absolute Gasteiger partial charge is 0.319 e. The van der Waals surface area contributed by atoms with Crippen molar-refractivity contribution in [2.45, 2.75) is 89.6 Å². The number of piperidine rings is 2. The fraction of sp³-hybridized carbons (Fsp3) is 0.458. The second-order valence-corrected chi connectivity index (χ2v) is 22.0. The van der Waals surface area contributed by atoms with E-state index < -0.39 is 11.6 Å². The summed E-state index contributed by atoms with van der Waals surface area (Å²) in [4.78, 5) is 39.6. The van der Waals surface area contributed by atoms with E-state index in [0.29, 0.717) is 61.0 Å². The Hall–Kier alpha value is -6.68. The van der Waals surface area contributed by atoms with Crippen LogP contribution in [0, 0.1) is 29.4 Å². The minimum atomic E-state index is -0.785. The molecule has 1 aliphatic carbocycles. The monoisotopic (exact) mass is 1040 g/mol.